The maximum Gasteiger partial charge on any atom is 0.240 e. The molecule has 0 aliphatic rings. The van der Waals surface area contributed by atoms with Crippen LogP contribution in [0.4, 0.5) is 4.39 Å². The summed E-state index contributed by atoms with van der Waals surface area (Å²) in [4.78, 5) is 0.0511. The van der Waals surface area contributed by atoms with Gasteiger partial charge in [-0.2, -0.15) is 5.10 Å². The van der Waals surface area contributed by atoms with Crippen LogP contribution in [0.25, 0.3) is 0 Å². The lowest BCUT2D eigenvalue weighted by Gasteiger charge is -2.11. The van der Waals surface area contributed by atoms with E-state index in [1.54, 1.807) is 20.2 Å². The number of aryl methyl sites for hydroxylation is 1. The van der Waals surface area contributed by atoms with Crippen molar-refractivity contribution in [2.24, 2.45) is 0 Å². The minimum atomic E-state index is -3.70. The number of aromatic nitrogens is 2. The summed E-state index contributed by atoms with van der Waals surface area (Å²) < 4.78 is 40.9. The average molecular weight is 312 g/mol. The van der Waals surface area contributed by atoms with Crippen LogP contribution in [0.1, 0.15) is 16.7 Å². The van der Waals surface area contributed by atoms with Crippen molar-refractivity contribution in [1.29, 1.82) is 0 Å². The van der Waals surface area contributed by atoms with Gasteiger partial charge in [-0.05, 0) is 31.7 Å². The van der Waals surface area contributed by atoms with Crippen LogP contribution < -0.4 is 10.0 Å². The Morgan fingerprint density at radius 2 is 2.10 bits per heavy atom. The first-order chi connectivity index (χ1) is 9.94. The second-order valence-electron chi connectivity index (χ2n) is 4.67. The molecule has 0 radical (unpaired) electrons. The fraction of sp³-hybridized carbons (Fsp3) is 0.308. The molecule has 0 spiro atoms. The van der Waals surface area contributed by atoms with E-state index in [0.717, 1.165) is 0 Å². The van der Waals surface area contributed by atoms with Crippen LogP contribution in [0.5, 0.6) is 0 Å². The van der Waals surface area contributed by atoms with Gasteiger partial charge in [0.15, 0.2) is 0 Å². The number of halogens is 1. The smallest absolute Gasteiger partial charge is 0.240 e. The molecule has 0 fully saturated rings. The van der Waals surface area contributed by atoms with Crippen molar-refractivity contribution in [1.82, 2.24) is 20.2 Å². The third kappa shape index (κ3) is 3.66. The maximum absolute atomic E-state index is 13.9. The third-order valence-corrected chi connectivity index (χ3v) is 4.38. The first kappa shape index (κ1) is 15.6. The highest BCUT2D eigenvalue weighted by Crippen LogP contribution is 2.19. The van der Waals surface area contributed by atoms with Gasteiger partial charge in [-0.15, -0.1) is 0 Å². The standard InChI is InChI=1S/C13H17FN4O2S/c1-9-3-12(4-11(8-15-2)13(9)14)21(19,20)18-7-10-5-16-17-6-10/h3-6,15,18H,7-8H2,1-2H3,(H,16,17). The monoisotopic (exact) mass is 312 g/mol. The zero-order valence-electron chi connectivity index (χ0n) is 11.8. The predicted molar refractivity (Wildman–Crippen MR) is 76.5 cm³/mol. The van der Waals surface area contributed by atoms with Crippen molar-refractivity contribution in [3.05, 3.63) is 47.0 Å². The van der Waals surface area contributed by atoms with Crippen molar-refractivity contribution >= 4 is 10.0 Å². The molecule has 1 heterocycles. The summed E-state index contributed by atoms with van der Waals surface area (Å²) in [6, 6.07) is 2.67. The minimum Gasteiger partial charge on any atom is -0.316 e. The molecule has 21 heavy (non-hydrogen) atoms. The summed E-state index contributed by atoms with van der Waals surface area (Å²) in [5, 5.41) is 9.17. The van der Waals surface area contributed by atoms with Crippen LogP contribution in [-0.4, -0.2) is 25.7 Å². The number of hydrogen-bond acceptors (Lipinski definition) is 4. The number of aromatic amines is 1. The summed E-state index contributed by atoms with van der Waals surface area (Å²) >= 11 is 0. The first-order valence-electron chi connectivity index (χ1n) is 6.35. The molecule has 0 unspecified atom stereocenters. The molecule has 0 bridgehead atoms. The van der Waals surface area contributed by atoms with Crippen molar-refractivity contribution in [3.63, 3.8) is 0 Å². The Bertz CT molecular complexity index is 714. The summed E-state index contributed by atoms with van der Waals surface area (Å²) in [7, 11) is -2.03. The molecule has 114 valence electrons. The number of nitrogens with zero attached hydrogens (tertiary/aromatic N) is 1. The van der Waals surface area contributed by atoms with Gasteiger partial charge in [0.25, 0.3) is 0 Å². The first-order valence-corrected chi connectivity index (χ1v) is 7.83. The number of H-pyrrole nitrogens is 1. The zero-order valence-corrected chi connectivity index (χ0v) is 12.6. The van der Waals surface area contributed by atoms with Crippen LogP contribution in [0.3, 0.4) is 0 Å². The highest BCUT2D eigenvalue weighted by molar-refractivity contribution is 7.89. The maximum atomic E-state index is 13.9. The molecule has 2 rings (SSSR count). The van der Waals surface area contributed by atoms with Gasteiger partial charge >= 0.3 is 0 Å². The van der Waals surface area contributed by atoms with E-state index >= 15 is 0 Å². The lowest BCUT2D eigenvalue weighted by Crippen LogP contribution is -2.23. The van der Waals surface area contributed by atoms with E-state index in [4.69, 9.17) is 0 Å². The van der Waals surface area contributed by atoms with Crippen LogP contribution in [0.15, 0.2) is 29.4 Å². The molecule has 1 aromatic heterocycles. The SMILES string of the molecule is CNCc1cc(S(=O)(=O)NCc2cn[nH]c2)cc(C)c1F. The quantitative estimate of drug-likeness (QED) is 0.744. The summed E-state index contributed by atoms with van der Waals surface area (Å²) in [5.41, 5.74) is 1.33. The number of nitrogens with one attached hydrogen (secondary N) is 3. The van der Waals surface area contributed by atoms with Gasteiger partial charge in [0.1, 0.15) is 5.82 Å². The highest BCUT2D eigenvalue weighted by Gasteiger charge is 2.18. The lowest BCUT2D eigenvalue weighted by atomic mass is 10.1. The minimum absolute atomic E-state index is 0.0511. The molecule has 1 aromatic carbocycles. The van der Waals surface area contributed by atoms with Gasteiger partial charge in [0, 0.05) is 30.4 Å². The molecule has 0 aliphatic heterocycles. The van der Waals surface area contributed by atoms with Crippen LogP contribution >= 0.6 is 0 Å². The van der Waals surface area contributed by atoms with Gasteiger partial charge in [-0.3, -0.25) is 5.10 Å². The van der Waals surface area contributed by atoms with E-state index in [1.165, 1.54) is 18.3 Å². The van der Waals surface area contributed by atoms with E-state index in [0.29, 0.717) is 16.7 Å². The van der Waals surface area contributed by atoms with Gasteiger partial charge in [0.2, 0.25) is 10.0 Å². The van der Waals surface area contributed by atoms with E-state index < -0.39 is 15.8 Å². The number of rotatable bonds is 6. The molecular weight excluding hydrogens is 295 g/mol. The zero-order chi connectivity index (χ0) is 15.5. The van der Waals surface area contributed by atoms with Gasteiger partial charge in [-0.1, -0.05) is 0 Å². The summed E-state index contributed by atoms with van der Waals surface area (Å²) in [6.07, 6.45) is 3.13. The van der Waals surface area contributed by atoms with E-state index in [1.807, 2.05) is 0 Å². The fourth-order valence-corrected chi connectivity index (χ4v) is 3.07. The normalized spacial score (nSPS) is 11.8. The fourth-order valence-electron chi connectivity index (χ4n) is 1.92. The third-order valence-electron chi connectivity index (χ3n) is 3.00. The Hall–Kier alpha value is -1.77. The summed E-state index contributed by atoms with van der Waals surface area (Å²) in [5.74, 6) is -0.391. The molecule has 3 N–H and O–H groups in total. The summed E-state index contributed by atoms with van der Waals surface area (Å²) in [6.45, 7) is 1.93. The molecule has 0 atom stereocenters. The number of sulfonamides is 1. The van der Waals surface area contributed by atoms with Crippen molar-refractivity contribution in [3.8, 4) is 0 Å². The molecule has 6 nitrogen and oxygen atoms in total. The molecular formula is C13H17FN4O2S. The molecule has 2 aromatic rings. The second-order valence-corrected chi connectivity index (χ2v) is 6.44. The topological polar surface area (TPSA) is 86.9 Å². The Labute approximate surface area is 122 Å². The molecule has 0 saturated carbocycles. The van der Waals surface area contributed by atoms with Gasteiger partial charge < -0.3 is 5.32 Å². The average Bonchev–Trinajstić information content (AvgIpc) is 2.95. The van der Waals surface area contributed by atoms with Crippen molar-refractivity contribution in [2.45, 2.75) is 24.9 Å². The van der Waals surface area contributed by atoms with Crippen molar-refractivity contribution < 1.29 is 12.8 Å². The Morgan fingerprint density at radius 3 is 2.71 bits per heavy atom. The van der Waals surface area contributed by atoms with Gasteiger partial charge in [-0.25, -0.2) is 17.5 Å². The van der Waals surface area contributed by atoms with E-state index in [-0.39, 0.29) is 18.0 Å². The van der Waals surface area contributed by atoms with E-state index in [9.17, 15) is 12.8 Å². The Kier molecular flexibility index (Phi) is 4.71. The molecule has 0 saturated heterocycles. The second kappa shape index (κ2) is 6.33. The van der Waals surface area contributed by atoms with Crippen LogP contribution in [0, 0.1) is 12.7 Å². The van der Waals surface area contributed by atoms with Gasteiger partial charge in [0.05, 0.1) is 11.1 Å². The van der Waals surface area contributed by atoms with Crippen molar-refractivity contribution in [2.75, 3.05) is 7.05 Å². The van der Waals surface area contributed by atoms with Crippen LogP contribution in [-0.2, 0) is 23.1 Å². The molecule has 0 aliphatic carbocycles. The van der Waals surface area contributed by atoms with E-state index in [2.05, 4.69) is 20.2 Å². The largest absolute Gasteiger partial charge is 0.316 e. The number of hydrogen-bond donors (Lipinski definition) is 3. The Morgan fingerprint density at radius 1 is 1.33 bits per heavy atom. The molecule has 0 amide bonds. The predicted octanol–water partition coefficient (Wildman–Crippen LogP) is 1.06. The molecule has 8 heteroatoms. The Balaban J connectivity index is 2.27. The highest BCUT2D eigenvalue weighted by atomic mass is 32.2. The lowest BCUT2D eigenvalue weighted by molar-refractivity contribution is 0.575. The number of benzene rings is 1. The van der Waals surface area contributed by atoms with Crippen LogP contribution in [0.2, 0.25) is 0 Å².